The van der Waals surface area contributed by atoms with Crippen LogP contribution in [0.2, 0.25) is 10.0 Å². The number of methoxy groups -OCH3 is 1. The zero-order chi connectivity index (χ0) is 38.9. The average molecular weight is 847 g/mol. The molecule has 0 bridgehead atoms. The molecule has 0 saturated heterocycles. The minimum absolute atomic E-state index is 0.0576. The molecule has 12 nitrogen and oxygen atoms in total. The molecule has 3 N–H and O–H groups in total. The van der Waals surface area contributed by atoms with E-state index in [2.05, 4.69) is 42.3 Å². The Morgan fingerprint density at radius 3 is 2.45 bits per heavy atom. The lowest BCUT2D eigenvalue weighted by Crippen LogP contribution is -2.20. The second-order valence-corrected chi connectivity index (χ2v) is 14.1. The molecule has 0 unspecified atom stereocenters. The number of halogens is 3. The number of rotatable bonds is 16. The molecule has 6 rings (SSSR count). The van der Waals surface area contributed by atoms with Gasteiger partial charge in [0.1, 0.15) is 25.1 Å². The van der Waals surface area contributed by atoms with Crippen LogP contribution >= 0.6 is 39.1 Å². The molecular formula is C40H35BrCl2N6O6. The van der Waals surface area contributed by atoms with Crippen molar-refractivity contribution in [1.29, 1.82) is 5.26 Å². The Bertz CT molecular complexity index is 2280. The third-order valence-electron chi connectivity index (χ3n) is 8.67. The van der Waals surface area contributed by atoms with Crippen molar-refractivity contribution in [3.63, 3.8) is 0 Å². The van der Waals surface area contributed by atoms with Crippen LogP contribution in [-0.2, 0) is 24.4 Å². The van der Waals surface area contributed by atoms with Crippen LogP contribution in [0, 0.1) is 11.3 Å². The fourth-order valence-electron chi connectivity index (χ4n) is 6.00. The van der Waals surface area contributed by atoms with E-state index in [1.807, 2.05) is 54.6 Å². The highest BCUT2D eigenvalue weighted by Gasteiger charge is 2.20. The van der Waals surface area contributed by atoms with Gasteiger partial charge in [-0.2, -0.15) is 10.2 Å². The number of aliphatic carboxylic acids is 1. The van der Waals surface area contributed by atoms with Gasteiger partial charge in [-0.1, -0.05) is 59.6 Å². The summed E-state index contributed by atoms with van der Waals surface area (Å²) in [5, 5.41) is 32.5. The standard InChI is InChI=1S/C40H35BrCl2N6O6/c1-53-39-31(37-46-13-14-47-37)11-12-33(48-39)30-10-4-9-29(36(30)43)28-8-3-6-26(35(28)42)22-55-40-32(41)16-25(5-2-7-27(50)17-34(51)52)38(49-40)54-21-24-15-23(18-44)19-45-20-24/h3-4,6,8-12,15-16,19-20,27,50H,2,5,7,13-14,17,21-22H2,1H3,(H,46,47)(H,51,52)/t27-/m1/s1. The number of amidine groups is 1. The van der Waals surface area contributed by atoms with Gasteiger partial charge in [0.25, 0.3) is 0 Å². The second kappa shape index (κ2) is 18.4. The van der Waals surface area contributed by atoms with E-state index in [1.165, 1.54) is 6.20 Å². The number of aromatic nitrogens is 3. The summed E-state index contributed by atoms with van der Waals surface area (Å²) >= 11 is 17.7. The lowest BCUT2D eigenvalue weighted by molar-refractivity contribution is -0.139. The third-order valence-corrected chi connectivity index (χ3v) is 10.1. The van der Waals surface area contributed by atoms with Gasteiger partial charge in [0.15, 0.2) is 0 Å². The van der Waals surface area contributed by atoms with Crippen LogP contribution in [0.25, 0.3) is 22.4 Å². The van der Waals surface area contributed by atoms with Crippen LogP contribution in [0.5, 0.6) is 17.6 Å². The molecule has 0 spiro atoms. The quantitative estimate of drug-likeness (QED) is 0.0884. The third kappa shape index (κ3) is 9.71. The van der Waals surface area contributed by atoms with Crippen LogP contribution < -0.4 is 19.5 Å². The van der Waals surface area contributed by atoms with Crippen LogP contribution in [0.4, 0.5) is 0 Å². The maximum atomic E-state index is 11.0. The van der Waals surface area contributed by atoms with Crippen LogP contribution in [0.1, 0.15) is 47.1 Å². The topological polar surface area (TPSA) is 172 Å². The van der Waals surface area contributed by atoms with Crippen LogP contribution in [-0.4, -0.2) is 63.3 Å². The van der Waals surface area contributed by atoms with E-state index in [4.69, 9.17) is 47.5 Å². The van der Waals surface area contributed by atoms with Gasteiger partial charge in [-0.3, -0.25) is 14.8 Å². The first-order valence-corrected chi connectivity index (χ1v) is 18.8. The number of carbonyl (C=O) groups is 1. The van der Waals surface area contributed by atoms with E-state index < -0.39 is 12.1 Å². The van der Waals surface area contributed by atoms with Gasteiger partial charge in [0.05, 0.1) is 57.5 Å². The monoisotopic (exact) mass is 844 g/mol. The van der Waals surface area contributed by atoms with Crippen LogP contribution in [0.15, 0.2) is 82.5 Å². The SMILES string of the molecule is COc1nc(-c2cccc(-c3cccc(COc4nc(OCc5cncc(C#N)c5)c(CCC[C@@H](O)CC(=O)O)cc4Br)c3Cl)c2Cl)ccc1C1=NCCN1. The molecule has 282 valence electrons. The summed E-state index contributed by atoms with van der Waals surface area (Å²) in [7, 11) is 1.57. The van der Waals surface area contributed by atoms with Crippen LogP contribution in [0.3, 0.4) is 0 Å². The molecule has 0 amide bonds. The van der Waals surface area contributed by atoms with E-state index in [1.54, 1.807) is 19.4 Å². The Labute approximate surface area is 335 Å². The van der Waals surface area contributed by atoms with Gasteiger partial charge in [-0.05, 0) is 59.5 Å². The number of benzene rings is 2. The van der Waals surface area contributed by atoms with Crippen molar-refractivity contribution in [1.82, 2.24) is 20.3 Å². The molecule has 55 heavy (non-hydrogen) atoms. The van der Waals surface area contributed by atoms with Gasteiger partial charge in [-0.15, -0.1) is 0 Å². The number of nitrogens with zero attached hydrogens (tertiary/aromatic N) is 5. The summed E-state index contributed by atoms with van der Waals surface area (Å²) in [5.41, 5.74) is 5.98. The fourth-order valence-corrected chi connectivity index (χ4v) is 7.08. The number of aliphatic hydroxyl groups is 1. The number of carboxylic acids is 1. The zero-order valence-electron chi connectivity index (χ0n) is 29.6. The first kappa shape index (κ1) is 39.4. The van der Waals surface area contributed by atoms with Crippen molar-refractivity contribution in [2.75, 3.05) is 20.2 Å². The van der Waals surface area contributed by atoms with Crippen molar-refractivity contribution in [3.05, 3.63) is 115 Å². The zero-order valence-corrected chi connectivity index (χ0v) is 32.7. The molecule has 1 atom stereocenters. The average Bonchev–Trinajstić information content (AvgIpc) is 3.72. The highest BCUT2D eigenvalue weighted by Crippen LogP contribution is 2.41. The summed E-state index contributed by atoms with van der Waals surface area (Å²) < 4.78 is 18.5. The van der Waals surface area contributed by atoms with Crippen molar-refractivity contribution in [2.24, 2.45) is 4.99 Å². The first-order valence-electron chi connectivity index (χ1n) is 17.2. The lowest BCUT2D eigenvalue weighted by Gasteiger charge is -2.17. The maximum Gasteiger partial charge on any atom is 0.305 e. The molecule has 0 fully saturated rings. The Hall–Kier alpha value is -5.26. The second-order valence-electron chi connectivity index (χ2n) is 12.5. The number of hydrogen-bond acceptors (Lipinski definition) is 11. The number of nitrogens with one attached hydrogen (secondary N) is 1. The number of aliphatic hydroxyl groups excluding tert-OH is 1. The lowest BCUT2D eigenvalue weighted by atomic mass is 9.99. The minimum Gasteiger partial charge on any atom is -0.481 e. The minimum atomic E-state index is -1.06. The summed E-state index contributed by atoms with van der Waals surface area (Å²) in [5.74, 6) is 0.643. The fraction of sp³-hybridized carbons (Fsp3) is 0.250. The van der Waals surface area contributed by atoms with Gasteiger partial charge in [0, 0.05) is 52.3 Å². The molecule has 2 aromatic carbocycles. The molecular weight excluding hydrogens is 811 g/mol. The van der Waals surface area contributed by atoms with E-state index in [9.17, 15) is 15.2 Å². The molecule has 1 aliphatic heterocycles. The number of nitriles is 1. The summed E-state index contributed by atoms with van der Waals surface area (Å²) in [6, 6.07) is 20.6. The van der Waals surface area contributed by atoms with Crippen molar-refractivity contribution < 1.29 is 29.2 Å². The number of pyridine rings is 3. The summed E-state index contributed by atoms with van der Waals surface area (Å²) in [6.07, 6.45) is 2.97. The molecule has 5 aromatic rings. The van der Waals surface area contributed by atoms with E-state index >= 15 is 0 Å². The van der Waals surface area contributed by atoms with Crippen molar-refractivity contribution in [2.45, 2.75) is 45.0 Å². The van der Waals surface area contributed by atoms with Gasteiger partial charge < -0.3 is 29.7 Å². The molecule has 0 saturated carbocycles. The van der Waals surface area contributed by atoms with E-state index in [-0.39, 0.29) is 37.8 Å². The van der Waals surface area contributed by atoms with Crippen molar-refractivity contribution >= 4 is 50.9 Å². The Morgan fingerprint density at radius 1 is 0.945 bits per heavy atom. The van der Waals surface area contributed by atoms with E-state index in [0.29, 0.717) is 84.4 Å². The van der Waals surface area contributed by atoms with Gasteiger partial charge in [0.2, 0.25) is 17.6 Å². The Morgan fingerprint density at radius 2 is 1.71 bits per heavy atom. The smallest absolute Gasteiger partial charge is 0.305 e. The number of ether oxygens (including phenoxy) is 3. The first-order chi connectivity index (χ1) is 26.6. The molecule has 3 aromatic heterocycles. The Balaban J connectivity index is 1.23. The number of hydrogen-bond donors (Lipinski definition) is 3. The Kier molecular flexibility index (Phi) is 13.2. The number of carboxylic acid groups (broad SMARTS) is 1. The highest BCUT2D eigenvalue weighted by atomic mass is 79.9. The molecule has 0 radical (unpaired) electrons. The number of aliphatic imine (C=N–C) groups is 1. The predicted octanol–water partition coefficient (Wildman–Crippen LogP) is 7.82. The normalized spacial score (nSPS) is 12.7. The van der Waals surface area contributed by atoms with Gasteiger partial charge >= 0.3 is 5.97 Å². The van der Waals surface area contributed by atoms with Gasteiger partial charge in [-0.25, -0.2) is 4.98 Å². The highest BCUT2D eigenvalue weighted by molar-refractivity contribution is 9.10. The summed E-state index contributed by atoms with van der Waals surface area (Å²) in [4.78, 5) is 29.0. The van der Waals surface area contributed by atoms with E-state index in [0.717, 1.165) is 17.9 Å². The largest absolute Gasteiger partial charge is 0.481 e. The maximum absolute atomic E-state index is 11.0. The molecule has 1 aliphatic rings. The number of aryl methyl sites for hydroxylation is 1. The van der Waals surface area contributed by atoms with Crippen molar-refractivity contribution in [3.8, 4) is 46.1 Å². The molecule has 0 aliphatic carbocycles. The predicted molar refractivity (Wildman–Crippen MR) is 212 cm³/mol. The molecule has 4 heterocycles. The molecule has 15 heteroatoms. The summed E-state index contributed by atoms with van der Waals surface area (Å²) in [6.45, 7) is 1.59.